The summed E-state index contributed by atoms with van der Waals surface area (Å²) in [5.41, 5.74) is 6.13. The lowest BCUT2D eigenvalue weighted by atomic mass is 10.0. The normalized spacial score (nSPS) is 13.0. The van der Waals surface area contributed by atoms with Crippen LogP contribution in [0.4, 0.5) is 11.5 Å². The molecule has 0 aliphatic carbocycles. The van der Waals surface area contributed by atoms with Crippen LogP contribution < -0.4 is 15.0 Å². The average molecular weight is 583 g/mol. The van der Waals surface area contributed by atoms with Gasteiger partial charge < -0.3 is 15.0 Å². The number of amides is 1. The second kappa shape index (κ2) is 13.4. The lowest BCUT2D eigenvalue weighted by Gasteiger charge is -2.22. The maximum absolute atomic E-state index is 13.1. The molecule has 44 heavy (non-hydrogen) atoms. The van der Waals surface area contributed by atoms with E-state index >= 15 is 0 Å². The van der Waals surface area contributed by atoms with Crippen LogP contribution >= 0.6 is 0 Å². The number of nitriles is 1. The second-order valence-corrected chi connectivity index (χ2v) is 11.0. The minimum absolute atomic E-state index is 0.224. The van der Waals surface area contributed by atoms with Gasteiger partial charge in [-0.15, -0.1) is 0 Å². The molecule has 8 nitrogen and oxygen atoms in total. The second-order valence-electron chi connectivity index (χ2n) is 11.0. The summed E-state index contributed by atoms with van der Waals surface area (Å²) in [7, 11) is 1.99. The molecule has 1 fully saturated rings. The topological polar surface area (TPSA) is 94.4 Å². The summed E-state index contributed by atoms with van der Waals surface area (Å²) in [4.78, 5) is 27.4. The van der Waals surface area contributed by atoms with E-state index in [1.807, 2.05) is 78.7 Å². The standard InChI is InChI=1S/C36H34N6O2/c1-41(25-26-8-3-2-4-9-26)34-36(44-21-20-42-18-5-6-19-42)40-32-17-16-31(23-33(32)39-34)38-35(43)29-14-12-28(13-15-29)30-11-7-10-27(22-30)24-37/h2-4,7-17,22-23H,5-6,18-21,25H2,1H3,(H,38,43). The number of hydrogen-bond acceptors (Lipinski definition) is 7. The number of likely N-dealkylation sites (tertiary alicyclic amines) is 1. The van der Waals surface area contributed by atoms with E-state index in [4.69, 9.17) is 14.7 Å². The van der Waals surface area contributed by atoms with Gasteiger partial charge in [0.25, 0.3) is 11.8 Å². The molecule has 0 saturated carbocycles. The monoisotopic (exact) mass is 582 g/mol. The van der Waals surface area contributed by atoms with Crippen molar-refractivity contribution in [3.05, 3.63) is 114 Å². The van der Waals surface area contributed by atoms with Crippen LogP contribution in [0.5, 0.6) is 5.88 Å². The molecule has 1 amide bonds. The molecule has 4 aromatic carbocycles. The Hall–Kier alpha value is -5.26. The largest absolute Gasteiger partial charge is 0.474 e. The summed E-state index contributed by atoms with van der Waals surface area (Å²) in [6, 6.07) is 32.7. The summed E-state index contributed by atoms with van der Waals surface area (Å²) in [6.07, 6.45) is 2.48. The molecule has 1 N–H and O–H groups in total. The molecule has 5 aromatic rings. The number of carbonyl (C=O) groups is 1. The van der Waals surface area contributed by atoms with E-state index in [1.54, 1.807) is 18.2 Å². The van der Waals surface area contributed by atoms with Crippen LogP contribution in [0.15, 0.2) is 97.1 Å². The van der Waals surface area contributed by atoms with Crippen LogP contribution in [0.3, 0.4) is 0 Å². The Kier molecular flexibility index (Phi) is 8.76. The SMILES string of the molecule is CN(Cc1ccccc1)c1nc2cc(NC(=O)c3ccc(-c4cccc(C#N)c4)cc3)ccc2nc1OCCN1CCCC1. The van der Waals surface area contributed by atoms with Crippen LogP contribution in [0.25, 0.3) is 22.2 Å². The van der Waals surface area contributed by atoms with Gasteiger partial charge in [-0.3, -0.25) is 9.69 Å². The van der Waals surface area contributed by atoms with E-state index in [0.717, 1.165) is 36.3 Å². The van der Waals surface area contributed by atoms with Crippen molar-refractivity contribution in [3.8, 4) is 23.1 Å². The fourth-order valence-electron chi connectivity index (χ4n) is 5.45. The van der Waals surface area contributed by atoms with Crippen molar-refractivity contribution in [2.75, 3.05) is 43.5 Å². The van der Waals surface area contributed by atoms with Gasteiger partial charge in [0.05, 0.1) is 22.7 Å². The fourth-order valence-corrected chi connectivity index (χ4v) is 5.45. The zero-order valence-electron chi connectivity index (χ0n) is 24.7. The van der Waals surface area contributed by atoms with Gasteiger partial charge in [-0.25, -0.2) is 9.97 Å². The molecule has 220 valence electrons. The minimum atomic E-state index is -0.224. The molecule has 1 aliphatic rings. The zero-order valence-corrected chi connectivity index (χ0v) is 24.7. The van der Waals surface area contributed by atoms with Crippen molar-refractivity contribution in [2.45, 2.75) is 19.4 Å². The predicted molar refractivity (Wildman–Crippen MR) is 174 cm³/mol. The van der Waals surface area contributed by atoms with Crippen molar-refractivity contribution in [1.29, 1.82) is 5.26 Å². The number of fused-ring (bicyclic) bond motifs is 1. The summed E-state index contributed by atoms with van der Waals surface area (Å²) < 4.78 is 6.23. The summed E-state index contributed by atoms with van der Waals surface area (Å²) in [5, 5.41) is 12.2. The van der Waals surface area contributed by atoms with Gasteiger partial charge in [0.1, 0.15) is 6.61 Å². The maximum atomic E-state index is 13.1. The van der Waals surface area contributed by atoms with Crippen LogP contribution in [0, 0.1) is 11.3 Å². The molecule has 8 heteroatoms. The maximum Gasteiger partial charge on any atom is 0.258 e. The zero-order chi connectivity index (χ0) is 30.3. The van der Waals surface area contributed by atoms with Crippen molar-refractivity contribution < 1.29 is 9.53 Å². The molecule has 6 rings (SSSR count). The molecule has 0 radical (unpaired) electrons. The summed E-state index contributed by atoms with van der Waals surface area (Å²) >= 11 is 0. The number of rotatable bonds is 10. The first kappa shape index (κ1) is 28.8. The number of anilines is 2. The first-order valence-electron chi connectivity index (χ1n) is 14.9. The Balaban J connectivity index is 1.21. The molecular weight excluding hydrogens is 548 g/mol. The van der Waals surface area contributed by atoms with Crippen LogP contribution in [0.1, 0.15) is 34.3 Å². The average Bonchev–Trinajstić information content (AvgIpc) is 3.58. The smallest absolute Gasteiger partial charge is 0.258 e. The highest BCUT2D eigenvalue weighted by Crippen LogP contribution is 2.29. The van der Waals surface area contributed by atoms with Gasteiger partial charge in [0.15, 0.2) is 5.82 Å². The Morgan fingerprint density at radius 2 is 1.70 bits per heavy atom. The Bertz CT molecular complexity index is 1790. The minimum Gasteiger partial charge on any atom is -0.474 e. The number of carbonyl (C=O) groups excluding carboxylic acids is 1. The van der Waals surface area contributed by atoms with Gasteiger partial charge >= 0.3 is 0 Å². The fraction of sp³-hybridized carbons (Fsp3) is 0.222. The lowest BCUT2D eigenvalue weighted by molar-refractivity contribution is 0.102. The first-order chi connectivity index (χ1) is 21.6. The van der Waals surface area contributed by atoms with Gasteiger partial charge in [-0.05, 0) is 85.1 Å². The van der Waals surface area contributed by atoms with E-state index in [2.05, 4.69) is 28.4 Å². The third-order valence-corrected chi connectivity index (χ3v) is 7.81. The van der Waals surface area contributed by atoms with E-state index in [9.17, 15) is 10.1 Å². The Morgan fingerprint density at radius 1 is 0.909 bits per heavy atom. The third-order valence-electron chi connectivity index (χ3n) is 7.81. The highest BCUT2D eigenvalue weighted by atomic mass is 16.5. The summed E-state index contributed by atoms with van der Waals surface area (Å²) in [5.74, 6) is 0.938. The Labute approximate surface area is 257 Å². The van der Waals surface area contributed by atoms with Gasteiger partial charge in [-0.1, -0.05) is 54.6 Å². The van der Waals surface area contributed by atoms with E-state index in [0.29, 0.717) is 52.7 Å². The lowest BCUT2D eigenvalue weighted by Crippen LogP contribution is -2.26. The number of hydrogen-bond donors (Lipinski definition) is 1. The van der Waals surface area contributed by atoms with Crippen molar-refractivity contribution in [3.63, 3.8) is 0 Å². The molecule has 1 aliphatic heterocycles. The predicted octanol–water partition coefficient (Wildman–Crippen LogP) is 6.53. The molecule has 2 heterocycles. The number of aromatic nitrogens is 2. The number of benzene rings is 4. The third kappa shape index (κ3) is 6.86. The quantitative estimate of drug-likeness (QED) is 0.200. The molecule has 0 unspecified atom stereocenters. The van der Waals surface area contributed by atoms with Gasteiger partial charge in [-0.2, -0.15) is 5.26 Å². The van der Waals surface area contributed by atoms with Gasteiger partial charge in [0, 0.05) is 31.4 Å². The van der Waals surface area contributed by atoms with E-state index < -0.39 is 0 Å². The van der Waals surface area contributed by atoms with Crippen molar-refractivity contribution >= 4 is 28.4 Å². The number of nitrogens with one attached hydrogen (secondary N) is 1. The number of nitrogens with zero attached hydrogens (tertiary/aromatic N) is 5. The Morgan fingerprint density at radius 3 is 2.48 bits per heavy atom. The van der Waals surface area contributed by atoms with Crippen LogP contribution in [0.2, 0.25) is 0 Å². The highest BCUT2D eigenvalue weighted by molar-refractivity contribution is 6.05. The van der Waals surface area contributed by atoms with E-state index in [1.165, 1.54) is 12.8 Å². The van der Waals surface area contributed by atoms with Gasteiger partial charge in [0.2, 0.25) is 0 Å². The summed E-state index contributed by atoms with van der Waals surface area (Å²) in [6.45, 7) is 4.28. The van der Waals surface area contributed by atoms with Crippen molar-refractivity contribution in [1.82, 2.24) is 14.9 Å². The van der Waals surface area contributed by atoms with Crippen molar-refractivity contribution in [2.24, 2.45) is 0 Å². The van der Waals surface area contributed by atoms with Crippen LogP contribution in [-0.4, -0.2) is 54.1 Å². The molecule has 0 bridgehead atoms. The molecule has 0 spiro atoms. The number of ether oxygens (including phenoxy) is 1. The first-order valence-corrected chi connectivity index (χ1v) is 14.9. The molecule has 0 atom stereocenters. The van der Waals surface area contributed by atoms with E-state index in [-0.39, 0.29) is 5.91 Å². The molecular formula is C36H34N6O2. The van der Waals surface area contributed by atoms with Crippen LogP contribution in [-0.2, 0) is 6.54 Å². The molecule has 1 saturated heterocycles. The molecule has 1 aromatic heterocycles. The highest BCUT2D eigenvalue weighted by Gasteiger charge is 2.18.